The third kappa shape index (κ3) is 2.84. The van der Waals surface area contributed by atoms with Crippen molar-refractivity contribution in [2.75, 3.05) is 13.1 Å². The minimum atomic E-state index is -0.174. The second-order valence-electron chi connectivity index (χ2n) is 4.73. The number of β-amino-alcohol motifs (C(OH)–C–C–N with tert-alkyl or cyclic N) is 1. The molecule has 1 aliphatic heterocycles. The minimum Gasteiger partial charge on any atom is -0.392 e. The molecule has 1 aromatic rings. The molecule has 0 saturated carbocycles. The molecule has 0 amide bonds. The van der Waals surface area contributed by atoms with E-state index in [4.69, 9.17) is 11.1 Å². The van der Waals surface area contributed by atoms with Gasteiger partial charge in [-0.25, -0.2) is 0 Å². The standard InChI is InChI=1S/C13H19N3O/c1-9-6-10(13(14)15)2-3-11(9)7-16-5-4-12(17)8-16/h2-3,6,12,17H,4-5,7-8H2,1H3,(H3,14,15). The van der Waals surface area contributed by atoms with Crippen molar-refractivity contribution in [3.05, 3.63) is 34.9 Å². The third-order valence-corrected chi connectivity index (χ3v) is 3.30. The van der Waals surface area contributed by atoms with Gasteiger partial charge in [-0.2, -0.15) is 0 Å². The number of likely N-dealkylation sites (tertiary alicyclic amines) is 1. The van der Waals surface area contributed by atoms with Crippen LogP contribution in [0, 0.1) is 12.3 Å². The third-order valence-electron chi connectivity index (χ3n) is 3.30. The number of aliphatic hydroxyl groups excluding tert-OH is 1. The molecule has 0 aromatic heterocycles. The highest BCUT2D eigenvalue weighted by Crippen LogP contribution is 2.17. The summed E-state index contributed by atoms with van der Waals surface area (Å²) < 4.78 is 0. The fourth-order valence-electron chi connectivity index (χ4n) is 2.24. The van der Waals surface area contributed by atoms with E-state index in [9.17, 15) is 5.11 Å². The predicted molar refractivity (Wildman–Crippen MR) is 68.1 cm³/mol. The Morgan fingerprint density at radius 3 is 2.88 bits per heavy atom. The molecule has 0 bridgehead atoms. The highest BCUT2D eigenvalue weighted by molar-refractivity contribution is 5.95. The number of amidine groups is 1. The quantitative estimate of drug-likeness (QED) is 0.535. The van der Waals surface area contributed by atoms with Crippen LogP contribution in [0.2, 0.25) is 0 Å². The van der Waals surface area contributed by atoms with Crippen LogP contribution >= 0.6 is 0 Å². The van der Waals surface area contributed by atoms with Crippen LogP contribution in [0.1, 0.15) is 23.1 Å². The lowest BCUT2D eigenvalue weighted by Crippen LogP contribution is -2.22. The highest BCUT2D eigenvalue weighted by Gasteiger charge is 2.20. The molecule has 0 radical (unpaired) electrons. The van der Waals surface area contributed by atoms with E-state index in [-0.39, 0.29) is 11.9 Å². The number of nitrogens with one attached hydrogen (secondary N) is 1. The molecule has 1 unspecified atom stereocenters. The zero-order valence-corrected chi connectivity index (χ0v) is 10.1. The monoisotopic (exact) mass is 233 g/mol. The van der Waals surface area contributed by atoms with Gasteiger partial charge in [0.15, 0.2) is 0 Å². The van der Waals surface area contributed by atoms with E-state index < -0.39 is 0 Å². The zero-order chi connectivity index (χ0) is 12.4. The van der Waals surface area contributed by atoms with Crippen LogP contribution in [0.5, 0.6) is 0 Å². The fourth-order valence-corrected chi connectivity index (χ4v) is 2.24. The maximum atomic E-state index is 9.48. The topological polar surface area (TPSA) is 73.3 Å². The summed E-state index contributed by atoms with van der Waals surface area (Å²) >= 11 is 0. The smallest absolute Gasteiger partial charge is 0.122 e. The average molecular weight is 233 g/mol. The highest BCUT2D eigenvalue weighted by atomic mass is 16.3. The van der Waals surface area contributed by atoms with Crippen LogP contribution in [-0.2, 0) is 6.54 Å². The first-order valence-electron chi connectivity index (χ1n) is 5.90. The van der Waals surface area contributed by atoms with Crippen molar-refractivity contribution >= 4 is 5.84 Å². The average Bonchev–Trinajstić information content (AvgIpc) is 2.67. The van der Waals surface area contributed by atoms with E-state index in [1.165, 1.54) is 5.56 Å². The van der Waals surface area contributed by atoms with Gasteiger partial charge in [-0.1, -0.05) is 12.1 Å². The van der Waals surface area contributed by atoms with Crippen LogP contribution in [-0.4, -0.2) is 35.0 Å². The van der Waals surface area contributed by atoms with Crippen molar-refractivity contribution in [3.63, 3.8) is 0 Å². The van der Waals surface area contributed by atoms with Crippen LogP contribution in [0.25, 0.3) is 0 Å². The molecule has 1 atom stereocenters. The van der Waals surface area contributed by atoms with Crippen molar-refractivity contribution in [1.82, 2.24) is 4.90 Å². The molecule has 1 aliphatic rings. The Morgan fingerprint density at radius 1 is 1.59 bits per heavy atom. The Kier molecular flexibility index (Phi) is 3.45. The lowest BCUT2D eigenvalue weighted by atomic mass is 10.0. The van der Waals surface area contributed by atoms with Gasteiger partial charge >= 0.3 is 0 Å². The fraction of sp³-hybridized carbons (Fsp3) is 0.462. The predicted octanol–water partition coefficient (Wildman–Crippen LogP) is 0.846. The van der Waals surface area contributed by atoms with Crippen molar-refractivity contribution in [3.8, 4) is 0 Å². The number of rotatable bonds is 3. The van der Waals surface area contributed by atoms with Crippen LogP contribution in [0.4, 0.5) is 0 Å². The van der Waals surface area contributed by atoms with Crippen molar-refractivity contribution in [1.29, 1.82) is 5.41 Å². The molecular formula is C13H19N3O. The molecule has 4 nitrogen and oxygen atoms in total. The van der Waals surface area contributed by atoms with Gasteiger partial charge in [0.1, 0.15) is 5.84 Å². The molecule has 92 valence electrons. The normalized spacial score (nSPS) is 20.7. The van der Waals surface area contributed by atoms with Gasteiger partial charge in [0.25, 0.3) is 0 Å². The van der Waals surface area contributed by atoms with Gasteiger partial charge in [-0.3, -0.25) is 10.3 Å². The first kappa shape index (κ1) is 12.1. The van der Waals surface area contributed by atoms with Crippen LogP contribution in [0.15, 0.2) is 18.2 Å². The number of hydrogen-bond donors (Lipinski definition) is 3. The Morgan fingerprint density at radius 2 is 2.35 bits per heavy atom. The summed E-state index contributed by atoms with van der Waals surface area (Å²) in [6.07, 6.45) is 0.691. The molecule has 1 fully saturated rings. The number of aryl methyl sites for hydroxylation is 1. The summed E-state index contributed by atoms with van der Waals surface area (Å²) in [7, 11) is 0. The van der Waals surface area contributed by atoms with Gasteiger partial charge in [0.05, 0.1) is 6.10 Å². The van der Waals surface area contributed by atoms with E-state index in [2.05, 4.69) is 4.90 Å². The van der Waals surface area contributed by atoms with Gasteiger partial charge < -0.3 is 10.8 Å². The summed E-state index contributed by atoms with van der Waals surface area (Å²) in [6.45, 7) is 4.61. The molecule has 0 aliphatic carbocycles. The molecule has 0 spiro atoms. The molecule has 17 heavy (non-hydrogen) atoms. The number of nitrogens with two attached hydrogens (primary N) is 1. The number of nitrogens with zero attached hydrogens (tertiary/aromatic N) is 1. The molecular weight excluding hydrogens is 214 g/mol. The summed E-state index contributed by atoms with van der Waals surface area (Å²) in [5, 5.41) is 16.9. The first-order chi connectivity index (χ1) is 8.06. The van der Waals surface area contributed by atoms with E-state index in [1.54, 1.807) is 0 Å². The molecule has 1 heterocycles. The minimum absolute atomic E-state index is 0.108. The second-order valence-corrected chi connectivity index (χ2v) is 4.73. The maximum absolute atomic E-state index is 9.48. The number of benzene rings is 1. The Bertz CT molecular complexity index is 431. The van der Waals surface area contributed by atoms with E-state index in [0.717, 1.165) is 37.2 Å². The van der Waals surface area contributed by atoms with Crippen molar-refractivity contribution < 1.29 is 5.11 Å². The van der Waals surface area contributed by atoms with Gasteiger partial charge in [-0.15, -0.1) is 0 Å². The Balaban J connectivity index is 2.09. The van der Waals surface area contributed by atoms with E-state index >= 15 is 0 Å². The number of aliphatic hydroxyl groups is 1. The van der Waals surface area contributed by atoms with Crippen molar-refractivity contribution in [2.24, 2.45) is 5.73 Å². The number of hydrogen-bond acceptors (Lipinski definition) is 3. The largest absolute Gasteiger partial charge is 0.392 e. The molecule has 1 aromatic carbocycles. The van der Waals surface area contributed by atoms with Gasteiger partial charge in [-0.05, 0) is 30.5 Å². The Hall–Kier alpha value is -1.39. The molecule has 1 saturated heterocycles. The van der Waals surface area contributed by atoms with E-state index in [1.807, 2.05) is 25.1 Å². The van der Waals surface area contributed by atoms with Gasteiger partial charge in [0, 0.05) is 25.2 Å². The SMILES string of the molecule is Cc1cc(C(=N)N)ccc1CN1CCC(O)C1. The van der Waals surface area contributed by atoms with Crippen LogP contribution < -0.4 is 5.73 Å². The molecule has 4 heteroatoms. The lowest BCUT2D eigenvalue weighted by Gasteiger charge is -2.17. The van der Waals surface area contributed by atoms with Gasteiger partial charge in [0.2, 0.25) is 0 Å². The first-order valence-corrected chi connectivity index (χ1v) is 5.90. The Labute approximate surface area is 102 Å². The summed E-state index contributed by atoms with van der Waals surface area (Å²) in [4.78, 5) is 2.25. The second kappa shape index (κ2) is 4.85. The molecule has 2 rings (SSSR count). The summed E-state index contributed by atoms with van der Waals surface area (Å²) in [6, 6.07) is 5.86. The van der Waals surface area contributed by atoms with Crippen molar-refractivity contribution in [2.45, 2.75) is 26.0 Å². The lowest BCUT2D eigenvalue weighted by molar-refractivity contribution is 0.174. The summed E-state index contributed by atoms with van der Waals surface area (Å²) in [5.74, 6) is 0.108. The summed E-state index contributed by atoms with van der Waals surface area (Å²) in [5.41, 5.74) is 8.62. The van der Waals surface area contributed by atoms with Crippen LogP contribution in [0.3, 0.4) is 0 Å². The van der Waals surface area contributed by atoms with E-state index in [0.29, 0.717) is 0 Å². The number of nitrogen functional groups attached to an aromatic ring is 1. The molecule has 4 N–H and O–H groups in total. The zero-order valence-electron chi connectivity index (χ0n) is 10.1. The maximum Gasteiger partial charge on any atom is 0.122 e.